The van der Waals surface area contributed by atoms with Crippen LogP contribution >= 0.6 is 23.3 Å². The minimum absolute atomic E-state index is 0.00450. The lowest BCUT2D eigenvalue weighted by Crippen LogP contribution is -2.50. The van der Waals surface area contributed by atoms with Gasteiger partial charge in [-0.1, -0.05) is 5.57 Å². The molecule has 0 saturated carbocycles. The van der Waals surface area contributed by atoms with E-state index in [1.807, 2.05) is 0 Å². The molecule has 1 aromatic carbocycles. The van der Waals surface area contributed by atoms with Crippen LogP contribution in [0.15, 0.2) is 58.2 Å². The molecule has 11 heteroatoms. The smallest absolute Gasteiger partial charge is 0.193 e. The number of benzene rings is 1. The van der Waals surface area contributed by atoms with Crippen molar-refractivity contribution >= 4 is 35.1 Å². The van der Waals surface area contributed by atoms with E-state index in [1.54, 1.807) is 40.9 Å². The molecule has 0 bridgehead atoms. The van der Waals surface area contributed by atoms with E-state index in [0.29, 0.717) is 30.1 Å². The zero-order valence-electron chi connectivity index (χ0n) is 18.5. The lowest BCUT2D eigenvalue weighted by atomic mass is 9.65. The first-order valence-electron chi connectivity index (χ1n) is 10.7. The molecule has 176 valence electrons. The number of fused-ring (bicyclic) bond motifs is 2. The molecule has 3 aromatic rings. The number of hydrazine groups is 1. The number of hydrogen-bond acceptors (Lipinski definition) is 9. The minimum atomic E-state index is -0.768. The van der Waals surface area contributed by atoms with Crippen molar-refractivity contribution in [2.45, 2.75) is 12.8 Å². The summed E-state index contributed by atoms with van der Waals surface area (Å²) in [5.74, 6) is 5.62. The predicted octanol–water partition coefficient (Wildman–Crippen LogP) is 3.19. The van der Waals surface area contributed by atoms with Crippen LogP contribution in [0.4, 0.5) is 4.39 Å². The van der Waals surface area contributed by atoms with Gasteiger partial charge < -0.3 is 10.7 Å². The van der Waals surface area contributed by atoms with Crippen molar-refractivity contribution in [2.24, 2.45) is 17.0 Å². The highest BCUT2D eigenvalue weighted by molar-refractivity contribution is 8.00. The Morgan fingerprint density at radius 2 is 2.15 bits per heavy atom. The molecule has 1 atom stereocenters. The Labute approximate surface area is 204 Å². The molecule has 1 fully saturated rings. The Bertz CT molecular complexity index is 1270. The van der Waals surface area contributed by atoms with Gasteiger partial charge in [-0.3, -0.25) is 4.79 Å². The Kier molecular flexibility index (Phi) is 6.02. The van der Waals surface area contributed by atoms with Gasteiger partial charge in [0.25, 0.3) is 0 Å². The molecule has 1 aliphatic carbocycles. The van der Waals surface area contributed by atoms with Crippen molar-refractivity contribution in [3.05, 3.63) is 80.9 Å². The van der Waals surface area contributed by atoms with Gasteiger partial charge in [-0.2, -0.15) is 5.10 Å². The molecule has 0 amide bonds. The summed E-state index contributed by atoms with van der Waals surface area (Å²) in [7, 11) is 1.73. The van der Waals surface area contributed by atoms with E-state index < -0.39 is 5.41 Å². The number of carbonyl (C=O) groups is 1. The van der Waals surface area contributed by atoms with E-state index in [9.17, 15) is 9.18 Å². The van der Waals surface area contributed by atoms with Gasteiger partial charge in [0.15, 0.2) is 5.78 Å². The fraction of sp³-hybridized carbons (Fsp3) is 0.261. The maximum absolute atomic E-state index is 13.9. The minimum Gasteiger partial charge on any atom is -0.402 e. The summed E-state index contributed by atoms with van der Waals surface area (Å²) >= 11 is 2.85. The van der Waals surface area contributed by atoms with Crippen LogP contribution in [0.2, 0.25) is 0 Å². The lowest BCUT2D eigenvalue weighted by Gasteiger charge is -2.45. The molecule has 2 aliphatic rings. The van der Waals surface area contributed by atoms with Crippen molar-refractivity contribution in [3.8, 4) is 5.69 Å². The second-order valence-corrected chi connectivity index (χ2v) is 10.2. The van der Waals surface area contributed by atoms with Crippen LogP contribution in [0, 0.1) is 11.2 Å². The quantitative estimate of drug-likeness (QED) is 0.232. The summed E-state index contributed by atoms with van der Waals surface area (Å²) < 4.78 is 17.4. The number of thiazole rings is 1. The largest absolute Gasteiger partial charge is 0.402 e. The third-order valence-corrected chi connectivity index (χ3v) is 8.03. The molecular weight excluding hydrogens is 473 g/mol. The molecule has 34 heavy (non-hydrogen) atoms. The van der Waals surface area contributed by atoms with Crippen LogP contribution in [-0.2, 0) is 6.42 Å². The van der Waals surface area contributed by atoms with Gasteiger partial charge in [-0.05, 0) is 60.7 Å². The number of aromatic nitrogens is 3. The number of carbonyl (C=O) groups excluding carboxylic acids is 1. The third-order valence-electron chi connectivity index (χ3n) is 6.26. The van der Waals surface area contributed by atoms with Crippen LogP contribution in [0.5, 0.6) is 0 Å². The fourth-order valence-corrected chi connectivity index (χ4v) is 6.05. The van der Waals surface area contributed by atoms with E-state index >= 15 is 0 Å². The molecule has 2 aromatic heterocycles. The molecule has 3 heterocycles. The van der Waals surface area contributed by atoms with Gasteiger partial charge in [0.05, 0.1) is 28.5 Å². The molecule has 1 saturated heterocycles. The zero-order valence-corrected chi connectivity index (χ0v) is 20.2. The van der Waals surface area contributed by atoms with Crippen molar-refractivity contribution in [3.63, 3.8) is 0 Å². The fourth-order valence-electron chi connectivity index (χ4n) is 4.60. The normalized spacial score (nSPS) is 20.4. The topological polar surface area (TPSA) is 106 Å². The summed E-state index contributed by atoms with van der Waals surface area (Å²) in [6.07, 6.45) is 6.55. The van der Waals surface area contributed by atoms with E-state index in [-0.39, 0.29) is 11.6 Å². The highest BCUT2D eigenvalue weighted by Crippen LogP contribution is 2.48. The summed E-state index contributed by atoms with van der Waals surface area (Å²) in [6.45, 7) is 1.22. The van der Waals surface area contributed by atoms with Crippen LogP contribution in [-0.4, -0.2) is 50.0 Å². The average Bonchev–Trinajstić information content (AvgIpc) is 3.51. The molecule has 0 spiro atoms. The second-order valence-electron chi connectivity index (χ2n) is 8.40. The summed E-state index contributed by atoms with van der Waals surface area (Å²) in [5, 5.41) is 8.54. The maximum Gasteiger partial charge on any atom is 0.193 e. The predicted molar refractivity (Wildman–Crippen MR) is 132 cm³/mol. The molecule has 0 radical (unpaired) electrons. The first kappa shape index (κ1) is 22.8. The van der Waals surface area contributed by atoms with Gasteiger partial charge >= 0.3 is 0 Å². The summed E-state index contributed by atoms with van der Waals surface area (Å²) in [5.41, 5.74) is 10.9. The second kappa shape index (κ2) is 8.99. The number of hydrogen-bond donors (Lipinski definition) is 2. The van der Waals surface area contributed by atoms with E-state index in [4.69, 9.17) is 11.6 Å². The van der Waals surface area contributed by atoms with Crippen LogP contribution in [0.25, 0.3) is 11.8 Å². The molecule has 1 unspecified atom stereocenters. The van der Waals surface area contributed by atoms with Crippen LogP contribution in [0.1, 0.15) is 28.2 Å². The lowest BCUT2D eigenvalue weighted by molar-refractivity contribution is 0.0776. The van der Waals surface area contributed by atoms with Gasteiger partial charge in [0.1, 0.15) is 16.5 Å². The van der Waals surface area contributed by atoms with Crippen LogP contribution < -0.4 is 11.6 Å². The number of nitrogens with two attached hydrogens (primary N) is 2. The number of nitrogens with zero attached hydrogens (tertiary/aromatic N) is 5. The van der Waals surface area contributed by atoms with Crippen molar-refractivity contribution in [1.82, 2.24) is 24.1 Å². The van der Waals surface area contributed by atoms with Crippen LogP contribution in [0.3, 0.4) is 0 Å². The van der Waals surface area contributed by atoms with Crippen molar-refractivity contribution < 1.29 is 9.18 Å². The number of piperidine rings is 1. The number of rotatable bonds is 6. The third kappa shape index (κ3) is 3.94. The van der Waals surface area contributed by atoms with E-state index in [1.165, 1.54) is 46.6 Å². The standard InChI is InChI=1S/C23H24FN7OS2/c1-29(26)21(10-25)34-30-7-6-16-8-20-15(11-28-31(20)18-4-2-17(24)3-5-18)9-23(16,13-30)22(32)19-12-33-14-27-19/h2-5,8,10-12,14H,6-7,9,13,25-26H2,1H3/b21-10+. The highest BCUT2D eigenvalue weighted by atomic mass is 32.2. The molecule has 4 N–H and O–H groups in total. The van der Waals surface area contributed by atoms with E-state index in [2.05, 4.69) is 20.5 Å². The Hall–Kier alpha value is -2.99. The summed E-state index contributed by atoms with van der Waals surface area (Å²) in [6, 6.07) is 6.24. The van der Waals surface area contributed by atoms with Gasteiger partial charge in [0.2, 0.25) is 0 Å². The average molecular weight is 498 g/mol. The molecular formula is C23H24FN7OS2. The molecule has 1 aliphatic heterocycles. The highest BCUT2D eigenvalue weighted by Gasteiger charge is 2.49. The first-order valence-corrected chi connectivity index (χ1v) is 12.4. The Morgan fingerprint density at radius 1 is 1.35 bits per heavy atom. The zero-order chi connectivity index (χ0) is 23.9. The first-order chi connectivity index (χ1) is 16.4. The van der Waals surface area contributed by atoms with Crippen molar-refractivity contribution in [1.29, 1.82) is 0 Å². The summed E-state index contributed by atoms with van der Waals surface area (Å²) in [4.78, 5) is 18.2. The Balaban J connectivity index is 1.55. The number of halogens is 1. The number of Topliss-reactive ketones (excluding diaryl/α,β-unsaturated/α-hetero) is 1. The molecule has 5 rings (SSSR count). The number of ketones is 1. The van der Waals surface area contributed by atoms with Gasteiger partial charge in [-0.15, -0.1) is 11.3 Å². The monoisotopic (exact) mass is 497 g/mol. The SMILES string of the molecule is CN(N)/C(=C\N)SN1CCC2=Cc3c(cnn3-c3ccc(F)cc3)CC2(C(=O)c2cscn2)C1. The van der Waals surface area contributed by atoms with Gasteiger partial charge in [-0.25, -0.2) is 24.2 Å². The Morgan fingerprint density at radius 3 is 2.82 bits per heavy atom. The van der Waals surface area contributed by atoms with Gasteiger partial charge in [0, 0.05) is 31.7 Å². The molecule has 8 nitrogen and oxygen atoms in total. The maximum atomic E-state index is 13.9. The van der Waals surface area contributed by atoms with Crippen molar-refractivity contribution in [2.75, 3.05) is 20.1 Å². The van der Waals surface area contributed by atoms with E-state index in [0.717, 1.165) is 29.1 Å².